The fourth-order valence-electron chi connectivity index (χ4n) is 0.121. The Bertz CT molecular complexity index is 154. The Morgan fingerprint density at radius 2 is 1.55 bits per heavy atom. The van der Waals surface area contributed by atoms with Crippen LogP contribution in [0.15, 0.2) is 0 Å². The van der Waals surface area contributed by atoms with E-state index >= 15 is 0 Å². The van der Waals surface area contributed by atoms with Gasteiger partial charge in [-0.05, 0) is 0 Å². The Morgan fingerprint density at radius 1 is 1.27 bits per heavy atom. The van der Waals surface area contributed by atoms with Crippen LogP contribution in [0, 0.1) is 0 Å². The topological polar surface area (TPSA) is 37.3 Å². The van der Waals surface area contributed by atoms with Crippen molar-refractivity contribution >= 4 is 30.0 Å². The molecule has 0 bridgehead atoms. The van der Waals surface area contributed by atoms with E-state index in [4.69, 9.17) is 5.11 Å². The summed E-state index contributed by atoms with van der Waals surface area (Å²) in [6.07, 6.45) is -5.58. The monoisotopic (exact) mass is 216 g/mol. The number of carbonyl (C=O) groups is 1. The minimum Gasteiger partial charge on any atom is -0.478 e. The molecule has 8 heteroatoms. The Labute approximate surface area is 69.5 Å². The number of rotatable bonds is 1. The highest BCUT2D eigenvalue weighted by Gasteiger charge is 2.61. The van der Waals surface area contributed by atoms with Gasteiger partial charge in [-0.15, -0.1) is 12.4 Å². The summed E-state index contributed by atoms with van der Waals surface area (Å²) < 4.78 is 45.3. The van der Waals surface area contributed by atoms with E-state index in [2.05, 4.69) is 11.6 Å². The van der Waals surface area contributed by atoms with Gasteiger partial charge in [-0.2, -0.15) is 13.2 Å². The normalized spacial score (nSPS) is 16.5. The van der Waals surface area contributed by atoms with Crippen LogP contribution < -0.4 is 0 Å². The van der Waals surface area contributed by atoms with Gasteiger partial charge in [0, 0.05) is 0 Å². The molecule has 0 rings (SSSR count). The molecule has 1 unspecified atom stereocenters. The third-order valence-corrected chi connectivity index (χ3v) is 1.00. The van der Waals surface area contributed by atoms with Gasteiger partial charge in [0.15, 0.2) is 0 Å². The fraction of sp³-hybridized carbons (Fsp3) is 0.667. The molecule has 0 spiro atoms. The van der Waals surface area contributed by atoms with Gasteiger partial charge in [-0.3, -0.25) is 0 Å². The van der Waals surface area contributed by atoms with E-state index in [1.807, 2.05) is 0 Å². The summed E-state index contributed by atoms with van der Waals surface area (Å²) in [6, 6.07) is 0. The number of hydrogen-bond donors (Lipinski definition) is 1. The zero-order valence-corrected chi connectivity index (χ0v) is 6.23. The third kappa shape index (κ3) is 2.70. The van der Waals surface area contributed by atoms with Gasteiger partial charge < -0.3 is 5.11 Å². The molecule has 0 fully saturated rings. The second-order valence-electron chi connectivity index (χ2n) is 1.38. The van der Waals surface area contributed by atoms with Crippen LogP contribution in [-0.4, -0.2) is 22.4 Å². The molecule has 68 valence electrons. The van der Waals surface area contributed by atoms with E-state index in [0.717, 1.165) is 0 Å². The van der Waals surface area contributed by atoms with Crippen LogP contribution in [0.2, 0.25) is 0 Å². The Balaban J connectivity index is 0. The molecule has 0 aromatic carbocycles. The van der Waals surface area contributed by atoms with E-state index in [-0.39, 0.29) is 12.4 Å². The number of alkyl halides is 5. The van der Waals surface area contributed by atoms with Crippen LogP contribution in [-0.2, 0) is 4.79 Å². The number of hydrogen-bond acceptors (Lipinski definition) is 1. The van der Waals surface area contributed by atoms with Crippen molar-refractivity contribution in [2.24, 2.45) is 0 Å². The van der Waals surface area contributed by atoms with Gasteiger partial charge in [-0.25, -0.2) is 9.18 Å². The Morgan fingerprint density at radius 3 is 1.55 bits per heavy atom. The number of carboxylic acids is 1. The van der Waals surface area contributed by atoms with Gasteiger partial charge in [0.05, 0.1) is 0 Å². The molecule has 0 aliphatic heterocycles. The summed E-state index contributed by atoms with van der Waals surface area (Å²) in [7, 11) is 0. The highest BCUT2D eigenvalue weighted by atomic mass is 35.5. The molecule has 0 radical (unpaired) electrons. The van der Waals surface area contributed by atoms with E-state index < -0.39 is 17.3 Å². The standard InChI is InChI=1S/C3HClF4O2.ClH/c4-2(5,1(9)10)3(6,7)8;/h(H,9,10);1H. The van der Waals surface area contributed by atoms with E-state index in [1.165, 1.54) is 0 Å². The molecule has 0 heterocycles. The number of carboxylic acid groups (broad SMARTS) is 1. The summed E-state index contributed by atoms with van der Waals surface area (Å²) in [6.45, 7) is 0. The summed E-state index contributed by atoms with van der Waals surface area (Å²) >= 11 is 3.96. The van der Waals surface area contributed by atoms with Crippen LogP contribution in [0.25, 0.3) is 0 Å². The van der Waals surface area contributed by atoms with Gasteiger partial charge in [0.1, 0.15) is 0 Å². The maximum atomic E-state index is 11.8. The first-order valence-electron chi connectivity index (χ1n) is 1.87. The van der Waals surface area contributed by atoms with Crippen molar-refractivity contribution in [2.45, 2.75) is 11.3 Å². The molecular weight excluding hydrogens is 215 g/mol. The van der Waals surface area contributed by atoms with Gasteiger partial charge >= 0.3 is 17.3 Å². The van der Waals surface area contributed by atoms with Crippen molar-refractivity contribution in [3.63, 3.8) is 0 Å². The molecule has 2 nitrogen and oxygen atoms in total. The van der Waals surface area contributed by atoms with Crippen LogP contribution in [0.1, 0.15) is 0 Å². The zero-order chi connectivity index (χ0) is 8.58. The average Bonchev–Trinajstić information content (AvgIpc) is 1.62. The molecule has 0 saturated heterocycles. The van der Waals surface area contributed by atoms with Crippen molar-refractivity contribution in [2.75, 3.05) is 0 Å². The van der Waals surface area contributed by atoms with Crippen LogP contribution in [0.4, 0.5) is 17.6 Å². The largest absolute Gasteiger partial charge is 0.478 e. The lowest BCUT2D eigenvalue weighted by Gasteiger charge is -2.15. The maximum Gasteiger partial charge on any atom is 0.448 e. The second kappa shape index (κ2) is 3.44. The lowest BCUT2D eigenvalue weighted by atomic mass is 10.4. The minimum absolute atomic E-state index is 0. The first kappa shape index (κ1) is 13.4. The predicted molar refractivity (Wildman–Crippen MR) is 30.6 cm³/mol. The lowest BCUT2D eigenvalue weighted by molar-refractivity contribution is -0.210. The highest BCUT2D eigenvalue weighted by molar-refractivity contribution is 6.33. The molecular formula is C3H2Cl2F4O2. The van der Waals surface area contributed by atoms with Crippen molar-refractivity contribution < 1.29 is 27.5 Å². The molecule has 1 atom stereocenters. The quantitative estimate of drug-likeness (QED) is 0.538. The van der Waals surface area contributed by atoms with Crippen LogP contribution >= 0.6 is 24.0 Å². The number of halogens is 6. The molecule has 0 amide bonds. The molecule has 0 saturated carbocycles. The van der Waals surface area contributed by atoms with Gasteiger partial charge in [-0.1, -0.05) is 11.6 Å². The molecule has 0 aliphatic carbocycles. The summed E-state index contributed by atoms with van der Waals surface area (Å²) in [5, 5.41) is 2.88. The maximum absolute atomic E-state index is 11.8. The molecule has 0 aliphatic rings. The van der Waals surface area contributed by atoms with Gasteiger partial charge in [0.2, 0.25) is 0 Å². The summed E-state index contributed by atoms with van der Waals surface area (Å²) in [4.78, 5) is 9.44. The van der Waals surface area contributed by atoms with Crippen molar-refractivity contribution in [3.8, 4) is 0 Å². The van der Waals surface area contributed by atoms with E-state index in [9.17, 15) is 22.4 Å². The summed E-state index contributed by atoms with van der Waals surface area (Å²) in [5.74, 6) is -2.76. The Kier molecular flexibility index (Phi) is 4.19. The predicted octanol–water partition coefficient (Wildman–Crippen LogP) is 1.96. The van der Waals surface area contributed by atoms with E-state index in [0.29, 0.717) is 0 Å². The fourth-order valence-corrected chi connectivity index (χ4v) is 0.121. The first-order valence-corrected chi connectivity index (χ1v) is 2.25. The molecule has 1 N–H and O–H groups in total. The Hall–Kier alpha value is -0.230. The minimum atomic E-state index is -5.58. The molecule has 0 aromatic rings. The van der Waals surface area contributed by atoms with E-state index in [1.54, 1.807) is 0 Å². The first-order chi connectivity index (χ1) is 4.19. The second-order valence-corrected chi connectivity index (χ2v) is 1.90. The van der Waals surface area contributed by atoms with Crippen molar-refractivity contribution in [1.82, 2.24) is 0 Å². The zero-order valence-electron chi connectivity index (χ0n) is 4.65. The smallest absolute Gasteiger partial charge is 0.448 e. The SMILES string of the molecule is Cl.O=C(O)C(F)(Cl)C(F)(F)F. The lowest BCUT2D eigenvalue weighted by Crippen LogP contribution is -2.42. The van der Waals surface area contributed by atoms with Crippen LogP contribution in [0.3, 0.4) is 0 Å². The summed E-state index contributed by atoms with van der Waals surface area (Å²) in [5.41, 5.74) is 0. The highest BCUT2D eigenvalue weighted by Crippen LogP contribution is 2.37. The van der Waals surface area contributed by atoms with Gasteiger partial charge in [0.25, 0.3) is 0 Å². The third-order valence-electron chi connectivity index (χ3n) is 0.625. The molecule has 11 heavy (non-hydrogen) atoms. The molecule has 0 aromatic heterocycles. The van der Waals surface area contributed by atoms with Crippen molar-refractivity contribution in [1.29, 1.82) is 0 Å². The average molecular weight is 217 g/mol. The van der Waals surface area contributed by atoms with Crippen molar-refractivity contribution in [3.05, 3.63) is 0 Å². The number of aliphatic carboxylic acids is 1. The van der Waals surface area contributed by atoms with Crippen LogP contribution in [0.5, 0.6) is 0 Å².